The first-order chi connectivity index (χ1) is 9.35. The zero-order chi connectivity index (χ0) is 14.8. The van der Waals surface area contributed by atoms with E-state index in [0.717, 1.165) is 11.5 Å². The van der Waals surface area contributed by atoms with Crippen molar-refractivity contribution < 1.29 is 17.9 Å². The molecular weight excluding hydrogens is 311 g/mol. The summed E-state index contributed by atoms with van der Waals surface area (Å²) in [4.78, 5) is 1.02. The van der Waals surface area contributed by atoms with E-state index >= 15 is 0 Å². The molecule has 1 aromatic heterocycles. The standard InChI is InChI=1S/C11H8F3N3OS2/c1-6-9(20-17-16-6)10(19)15-7-3-2-4-8(5-7)18-11(12,13)14/h2-5H,1H3,(H,15,19). The van der Waals surface area contributed by atoms with Gasteiger partial charge in [0.1, 0.15) is 15.6 Å². The lowest BCUT2D eigenvalue weighted by Gasteiger charge is -2.11. The van der Waals surface area contributed by atoms with Crippen molar-refractivity contribution in [2.24, 2.45) is 0 Å². The van der Waals surface area contributed by atoms with E-state index in [1.165, 1.54) is 18.2 Å². The number of ether oxygens (including phenoxy) is 1. The summed E-state index contributed by atoms with van der Waals surface area (Å²) in [6, 6.07) is 5.44. The zero-order valence-corrected chi connectivity index (χ0v) is 11.7. The predicted octanol–water partition coefficient (Wildman–Crippen LogP) is 3.53. The van der Waals surface area contributed by atoms with E-state index in [0.29, 0.717) is 21.2 Å². The van der Waals surface area contributed by atoms with Crippen LogP contribution in [0.15, 0.2) is 24.3 Å². The summed E-state index contributed by atoms with van der Waals surface area (Å²) >= 11 is 6.27. The number of alkyl halides is 3. The van der Waals surface area contributed by atoms with Crippen LogP contribution in [0.5, 0.6) is 5.75 Å². The molecule has 1 aromatic carbocycles. The number of thiocarbonyl (C=S) groups is 1. The Kier molecular flexibility index (Phi) is 4.19. The van der Waals surface area contributed by atoms with Gasteiger partial charge in [-0.15, -0.1) is 18.3 Å². The number of halogens is 3. The van der Waals surface area contributed by atoms with Crippen molar-refractivity contribution in [3.63, 3.8) is 0 Å². The van der Waals surface area contributed by atoms with E-state index in [1.54, 1.807) is 13.0 Å². The molecule has 0 radical (unpaired) electrons. The summed E-state index contributed by atoms with van der Waals surface area (Å²) in [5, 5.41) is 6.64. The monoisotopic (exact) mass is 319 g/mol. The molecule has 106 valence electrons. The molecule has 0 saturated heterocycles. The fourth-order valence-electron chi connectivity index (χ4n) is 1.40. The molecule has 0 fully saturated rings. The van der Waals surface area contributed by atoms with Gasteiger partial charge in [0.15, 0.2) is 0 Å². The molecule has 2 aromatic rings. The highest BCUT2D eigenvalue weighted by Gasteiger charge is 2.31. The first-order valence-corrected chi connectivity index (χ1v) is 6.49. The van der Waals surface area contributed by atoms with E-state index in [4.69, 9.17) is 12.2 Å². The van der Waals surface area contributed by atoms with Crippen LogP contribution in [0, 0.1) is 6.92 Å². The average molecular weight is 319 g/mol. The molecule has 1 N–H and O–H groups in total. The van der Waals surface area contributed by atoms with Gasteiger partial charge in [-0.3, -0.25) is 0 Å². The van der Waals surface area contributed by atoms with Crippen LogP contribution in [-0.4, -0.2) is 20.9 Å². The Morgan fingerprint density at radius 1 is 1.40 bits per heavy atom. The number of hydrogen-bond donors (Lipinski definition) is 1. The second-order valence-electron chi connectivity index (χ2n) is 3.72. The number of aromatic nitrogens is 2. The minimum Gasteiger partial charge on any atom is -0.406 e. The molecule has 0 amide bonds. The van der Waals surface area contributed by atoms with E-state index in [2.05, 4.69) is 19.6 Å². The Bertz CT molecular complexity index is 627. The summed E-state index contributed by atoms with van der Waals surface area (Å²) in [5.74, 6) is -0.315. The lowest BCUT2D eigenvalue weighted by molar-refractivity contribution is -0.274. The fraction of sp³-hybridized carbons (Fsp3) is 0.182. The van der Waals surface area contributed by atoms with Crippen molar-refractivity contribution >= 4 is 34.4 Å². The number of hydrogen-bond acceptors (Lipinski definition) is 5. The molecule has 1 heterocycles. The Balaban J connectivity index is 2.12. The summed E-state index contributed by atoms with van der Waals surface area (Å²) in [7, 11) is 0. The van der Waals surface area contributed by atoms with Crippen LogP contribution in [0.3, 0.4) is 0 Å². The third-order valence-electron chi connectivity index (χ3n) is 2.18. The van der Waals surface area contributed by atoms with Crippen LogP contribution in [0.2, 0.25) is 0 Å². The SMILES string of the molecule is Cc1nnsc1C(=S)Nc1cccc(OC(F)(F)F)c1. The number of anilines is 1. The first-order valence-electron chi connectivity index (χ1n) is 5.31. The van der Waals surface area contributed by atoms with Gasteiger partial charge in [0.05, 0.1) is 5.69 Å². The highest BCUT2D eigenvalue weighted by atomic mass is 32.1. The fourth-order valence-corrected chi connectivity index (χ4v) is 2.33. The number of nitrogens with zero attached hydrogens (tertiary/aromatic N) is 2. The lowest BCUT2D eigenvalue weighted by atomic mass is 10.3. The second-order valence-corrected chi connectivity index (χ2v) is 4.88. The highest BCUT2D eigenvalue weighted by molar-refractivity contribution is 7.81. The zero-order valence-electron chi connectivity index (χ0n) is 10.1. The highest BCUT2D eigenvalue weighted by Crippen LogP contribution is 2.25. The quantitative estimate of drug-likeness (QED) is 0.877. The van der Waals surface area contributed by atoms with Crippen molar-refractivity contribution in [2.45, 2.75) is 13.3 Å². The molecule has 0 saturated carbocycles. The maximum Gasteiger partial charge on any atom is 0.573 e. The summed E-state index contributed by atoms with van der Waals surface area (Å²) < 4.78 is 44.0. The topological polar surface area (TPSA) is 47.0 Å². The number of nitrogens with one attached hydrogen (secondary N) is 1. The lowest BCUT2D eigenvalue weighted by Crippen LogP contribution is -2.17. The van der Waals surface area contributed by atoms with Crippen LogP contribution >= 0.6 is 23.8 Å². The largest absolute Gasteiger partial charge is 0.573 e. The van der Waals surface area contributed by atoms with Crippen LogP contribution in [0.1, 0.15) is 10.6 Å². The number of aryl methyl sites for hydroxylation is 1. The third-order valence-corrected chi connectivity index (χ3v) is 3.46. The maximum atomic E-state index is 12.1. The van der Waals surface area contributed by atoms with Crippen LogP contribution in [0.4, 0.5) is 18.9 Å². The molecule has 4 nitrogen and oxygen atoms in total. The Morgan fingerprint density at radius 3 is 2.75 bits per heavy atom. The summed E-state index contributed by atoms with van der Waals surface area (Å²) in [6.07, 6.45) is -4.72. The molecule has 0 unspecified atom stereocenters. The van der Waals surface area contributed by atoms with Crippen molar-refractivity contribution in [2.75, 3.05) is 5.32 Å². The smallest absolute Gasteiger partial charge is 0.406 e. The Morgan fingerprint density at radius 2 is 2.15 bits per heavy atom. The predicted molar refractivity (Wildman–Crippen MR) is 73.1 cm³/mol. The van der Waals surface area contributed by atoms with E-state index in [9.17, 15) is 13.2 Å². The van der Waals surface area contributed by atoms with Gasteiger partial charge >= 0.3 is 6.36 Å². The van der Waals surface area contributed by atoms with Gasteiger partial charge in [-0.2, -0.15) is 0 Å². The third kappa shape index (κ3) is 3.87. The van der Waals surface area contributed by atoms with Crippen LogP contribution in [-0.2, 0) is 0 Å². The van der Waals surface area contributed by atoms with Crippen molar-refractivity contribution in [1.29, 1.82) is 0 Å². The minimum absolute atomic E-state index is 0.315. The molecule has 0 aliphatic carbocycles. The minimum atomic E-state index is -4.72. The van der Waals surface area contributed by atoms with Gasteiger partial charge < -0.3 is 10.1 Å². The van der Waals surface area contributed by atoms with Crippen molar-refractivity contribution in [1.82, 2.24) is 9.59 Å². The second kappa shape index (κ2) is 5.71. The summed E-state index contributed by atoms with van der Waals surface area (Å²) in [5.41, 5.74) is 1.06. The van der Waals surface area contributed by atoms with Crippen LogP contribution in [0.25, 0.3) is 0 Å². The molecule has 0 spiro atoms. The van der Waals surface area contributed by atoms with Gasteiger partial charge in [0, 0.05) is 11.8 Å². The van der Waals surface area contributed by atoms with E-state index in [-0.39, 0.29) is 5.75 Å². The van der Waals surface area contributed by atoms with Crippen LogP contribution < -0.4 is 10.1 Å². The summed E-state index contributed by atoms with van der Waals surface area (Å²) in [6.45, 7) is 1.75. The van der Waals surface area contributed by atoms with Gasteiger partial charge in [0.2, 0.25) is 0 Å². The molecule has 0 atom stereocenters. The molecule has 0 bridgehead atoms. The van der Waals surface area contributed by atoms with Crippen molar-refractivity contribution in [3.05, 3.63) is 34.8 Å². The number of rotatable bonds is 3. The molecular formula is C11H8F3N3OS2. The molecule has 9 heteroatoms. The molecule has 20 heavy (non-hydrogen) atoms. The Labute approximate surface area is 121 Å². The Hall–Kier alpha value is -1.74. The van der Waals surface area contributed by atoms with Gasteiger partial charge in [-0.1, -0.05) is 22.8 Å². The molecule has 0 aliphatic rings. The van der Waals surface area contributed by atoms with E-state index in [1.807, 2.05) is 0 Å². The molecule has 0 aliphatic heterocycles. The first kappa shape index (κ1) is 14.7. The average Bonchev–Trinajstić information content (AvgIpc) is 2.73. The van der Waals surface area contributed by atoms with E-state index < -0.39 is 6.36 Å². The van der Waals surface area contributed by atoms with Gasteiger partial charge in [-0.25, -0.2) is 0 Å². The van der Waals surface area contributed by atoms with Crippen molar-refractivity contribution in [3.8, 4) is 5.75 Å². The maximum absolute atomic E-state index is 12.1. The van der Waals surface area contributed by atoms with Gasteiger partial charge in [-0.05, 0) is 30.6 Å². The normalized spacial score (nSPS) is 11.2. The molecule has 2 rings (SSSR count). The number of benzene rings is 1. The van der Waals surface area contributed by atoms with Gasteiger partial charge in [0.25, 0.3) is 0 Å².